The Hall–Kier alpha value is -4.63. The molecule has 0 saturated heterocycles. The first-order chi connectivity index (χ1) is 21.0. The molecule has 0 unspecified atom stereocenters. The largest absolute Gasteiger partial charge is 0.493 e. The molecule has 9 heteroatoms. The minimum atomic E-state index is -0.437. The van der Waals surface area contributed by atoms with Crippen LogP contribution in [0, 0.1) is 0 Å². The van der Waals surface area contributed by atoms with Crippen LogP contribution in [0.4, 0.5) is 5.69 Å². The highest BCUT2D eigenvalue weighted by atomic mass is 16.5. The molecule has 0 spiro atoms. The molecule has 224 valence electrons. The smallest absolute Gasteiger partial charge is 0.323 e. The van der Waals surface area contributed by atoms with Crippen molar-refractivity contribution >= 4 is 28.5 Å². The van der Waals surface area contributed by atoms with E-state index in [1.165, 1.54) is 0 Å². The van der Waals surface area contributed by atoms with Crippen molar-refractivity contribution in [3.63, 3.8) is 0 Å². The summed E-state index contributed by atoms with van der Waals surface area (Å²) in [6.07, 6.45) is 6.24. The van der Waals surface area contributed by atoms with Gasteiger partial charge in [0.25, 0.3) is 5.91 Å². The van der Waals surface area contributed by atoms with E-state index in [0.717, 1.165) is 31.1 Å². The Morgan fingerprint density at radius 3 is 2.44 bits per heavy atom. The predicted octanol–water partition coefficient (Wildman–Crippen LogP) is 6.52. The fourth-order valence-electron chi connectivity index (χ4n) is 5.10. The lowest BCUT2D eigenvalue weighted by molar-refractivity contribution is -0.151. The third kappa shape index (κ3) is 7.81. The maximum atomic E-state index is 12.7. The standard InChI is InChI=1S/C34H37N3O6/c1-3-35-28(34(39)43-25-11-7-8-12-25)18-20-41-32-22-29-27(21-31(32)40-2)30(17-19-36-29)42-26-15-13-24(14-16-26)37-33(38)23-9-5-4-6-10-23/h4-6,9-10,13-17,19,21-22,25,28,35H,3,7-8,11-12,18,20H2,1-2H3,(H,37,38)/t28-/m0/s1. The van der Waals surface area contributed by atoms with Crippen LogP contribution in [-0.4, -0.2) is 49.3 Å². The Kier molecular flexibility index (Phi) is 10.1. The average Bonchev–Trinajstić information content (AvgIpc) is 3.55. The van der Waals surface area contributed by atoms with Crippen molar-refractivity contribution in [1.82, 2.24) is 10.3 Å². The summed E-state index contributed by atoms with van der Waals surface area (Å²) in [7, 11) is 1.58. The zero-order valence-corrected chi connectivity index (χ0v) is 24.5. The maximum Gasteiger partial charge on any atom is 0.323 e. The van der Waals surface area contributed by atoms with Gasteiger partial charge in [0.15, 0.2) is 11.5 Å². The van der Waals surface area contributed by atoms with Gasteiger partial charge >= 0.3 is 5.97 Å². The van der Waals surface area contributed by atoms with Gasteiger partial charge < -0.3 is 29.6 Å². The van der Waals surface area contributed by atoms with E-state index in [9.17, 15) is 9.59 Å². The number of carbonyl (C=O) groups is 2. The number of ether oxygens (including phenoxy) is 4. The molecule has 9 nitrogen and oxygen atoms in total. The number of anilines is 1. The lowest BCUT2D eigenvalue weighted by atomic mass is 10.1. The zero-order valence-electron chi connectivity index (χ0n) is 24.5. The van der Waals surface area contributed by atoms with Gasteiger partial charge in [-0.2, -0.15) is 0 Å². The number of methoxy groups -OCH3 is 1. The van der Waals surface area contributed by atoms with Crippen LogP contribution in [0.5, 0.6) is 23.0 Å². The van der Waals surface area contributed by atoms with Crippen molar-refractivity contribution < 1.29 is 28.5 Å². The van der Waals surface area contributed by atoms with Crippen LogP contribution in [0.15, 0.2) is 79.0 Å². The number of esters is 1. The Balaban J connectivity index is 1.24. The lowest BCUT2D eigenvalue weighted by Crippen LogP contribution is -2.40. The van der Waals surface area contributed by atoms with Gasteiger partial charge in [0.2, 0.25) is 0 Å². The minimum Gasteiger partial charge on any atom is -0.493 e. The number of carbonyl (C=O) groups excluding carboxylic acids is 2. The van der Waals surface area contributed by atoms with E-state index < -0.39 is 6.04 Å². The van der Waals surface area contributed by atoms with E-state index in [-0.39, 0.29) is 18.0 Å². The molecule has 1 aliphatic rings. The van der Waals surface area contributed by atoms with E-state index in [1.54, 1.807) is 55.8 Å². The zero-order chi connectivity index (χ0) is 30.0. The number of nitrogens with zero attached hydrogens (tertiary/aromatic N) is 1. The number of likely N-dealkylation sites (N-methyl/N-ethyl adjacent to an activating group) is 1. The van der Waals surface area contributed by atoms with Crippen molar-refractivity contribution in [2.45, 2.75) is 51.2 Å². The summed E-state index contributed by atoms with van der Waals surface area (Å²) in [6, 6.07) is 21.2. The molecular weight excluding hydrogens is 546 g/mol. The molecule has 1 fully saturated rings. The molecule has 1 amide bonds. The van der Waals surface area contributed by atoms with Crippen LogP contribution >= 0.6 is 0 Å². The van der Waals surface area contributed by atoms with Gasteiger partial charge in [0, 0.05) is 35.3 Å². The number of fused-ring (bicyclic) bond motifs is 1. The highest BCUT2D eigenvalue weighted by molar-refractivity contribution is 6.04. The monoisotopic (exact) mass is 583 g/mol. The average molecular weight is 584 g/mol. The predicted molar refractivity (Wildman–Crippen MR) is 165 cm³/mol. The number of amides is 1. The maximum absolute atomic E-state index is 12.7. The number of hydrogen-bond acceptors (Lipinski definition) is 8. The number of nitrogens with one attached hydrogen (secondary N) is 2. The molecule has 2 N–H and O–H groups in total. The molecule has 1 saturated carbocycles. The van der Waals surface area contributed by atoms with Gasteiger partial charge in [-0.15, -0.1) is 0 Å². The van der Waals surface area contributed by atoms with Crippen LogP contribution in [0.25, 0.3) is 10.9 Å². The quantitative estimate of drug-likeness (QED) is 0.171. The second-order valence-electron chi connectivity index (χ2n) is 10.4. The SMILES string of the molecule is CCN[C@@H](CCOc1cc2nccc(Oc3ccc(NC(=O)c4ccccc4)cc3)c2cc1OC)C(=O)OC1CCCC1. The molecule has 5 rings (SSSR count). The van der Waals surface area contributed by atoms with Crippen molar-refractivity contribution in [2.24, 2.45) is 0 Å². The van der Waals surface area contributed by atoms with Gasteiger partial charge in [-0.25, -0.2) is 0 Å². The Labute approximate surface area is 251 Å². The molecule has 43 heavy (non-hydrogen) atoms. The summed E-state index contributed by atoms with van der Waals surface area (Å²) in [6.45, 7) is 2.91. The molecule has 0 radical (unpaired) electrons. The third-order valence-electron chi connectivity index (χ3n) is 7.35. The van der Waals surface area contributed by atoms with E-state index in [0.29, 0.717) is 59.3 Å². The molecule has 0 aliphatic heterocycles. The normalized spacial score (nSPS) is 13.8. The molecule has 1 aromatic heterocycles. The molecule has 4 aromatic rings. The van der Waals surface area contributed by atoms with Gasteiger partial charge in [0.1, 0.15) is 23.6 Å². The van der Waals surface area contributed by atoms with Gasteiger partial charge in [-0.05, 0) is 80.8 Å². The van der Waals surface area contributed by atoms with E-state index in [4.69, 9.17) is 18.9 Å². The number of benzene rings is 3. The lowest BCUT2D eigenvalue weighted by Gasteiger charge is -2.20. The molecular formula is C34H37N3O6. The first-order valence-electron chi connectivity index (χ1n) is 14.7. The van der Waals surface area contributed by atoms with E-state index in [1.807, 2.05) is 37.3 Å². The number of hydrogen-bond donors (Lipinski definition) is 2. The highest BCUT2D eigenvalue weighted by Gasteiger charge is 2.25. The summed E-state index contributed by atoms with van der Waals surface area (Å²) in [5, 5.41) is 6.85. The van der Waals surface area contributed by atoms with E-state index in [2.05, 4.69) is 15.6 Å². The van der Waals surface area contributed by atoms with Gasteiger partial charge in [-0.3, -0.25) is 14.6 Å². The van der Waals surface area contributed by atoms with Crippen molar-refractivity contribution in [3.05, 3.63) is 84.6 Å². The van der Waals surface area contributed by atoms with Crippen molar-refractivity contribution in [1.29, 1.82) is 0 Å². The first kappa shape index (κ1) is 29.8. The Bertz CT molecular complexity index is 1520. The summed E-state index contributed by atoms with van der Waals surface area (Å²) >= 11 is 0. The van der Waals surface area contributed by atoms with Crippen LogP contribution < -0.4 is 24.8 Å². The molecule has 0 bridgehead atoms. The topological polar surface area (TPSA) is 108 Å². The first-order valence-corrected chi connectivity index (χ1v) is 14.7. The fraction of sp³-hybridized carbons (Fsp3) is 0.324. The van der Waals surface area contributed by atoms with Crippen molar-refractivity contribution in [3.8, 4) is 23.0 Å². The van der Waals surface area contributed by atoms with Crippen molar-refractivity contribution in [2.75, 3.05) is 25.6 Å². The van der Waals surface area contributed by atoms with Crippen LogP contribution in [0.2, 0.25) is 0 Å². The van der Waals surface area contributed by atoms with Crippen LogP contribution in [0.3, 0.4) is 0 Å². The van der Waals surface area contributed by atoms with Gasteiger partial charge in [-0.1, -0.05) is 25.1 Å². The fourth-order valence-corrected chi connectivity index (χ4v) is 5.10. The summed E-state index contributed by atoms with van der Waals surface area (Å²) < 4.78 is 23.6. The molecule has 3 aromatic carbocycles. The van der Waals surface area contributed by atoms with Crippen LogP contribution in [0.1, 0.15) is 49.4 Å². The Morgan fingerprint density at radius 1 is 0.953 bits per heavy atom. The number of rotatable bonds is 13. The summed E-state index contributed by atoms with van der Waals surface area (Å²) in [5.74, 6) is 1.84. The second-order valence-corrected chi connectivity index (χ2v) is 10.4. The summed E-state index contributed by atoms with van der Waals surface area (Å²) in [5.41, 5.74) is 1.92. The minimum absolute atomic E-state index is 0.0242. The Morgan fingerprint density at radius 2 is 1.72 bits per heavy atom. The second kappa shape index (κ2) is 14.5. The highest BCUT2D eigenvalue weighted by Crippen LogP contribution is 2.37. The summed E-state index contributed by atoms with van der Waals surface area (Å²) in [4.78, 5) is 29.7. The molecule has 1 atom stereocenters. The van der Waals surface area contributed by atoms with Crippen LogP contribution in [-0.2, 0) is 9.53 Å². The molecule has 1 heterocycles. The third-order valence-corrected chi connectivity index (χ3v) is 7.35. The number of aromatic nitrogens is 1. The van der Waals surface area contributed by atoms with Gasteiger partial charge in [0.05, 0.1) is 19.2 Å². The molecule has 1 aliphatic carbocycles. The number of pyridine rings is 1. The van der Waals surface area contributed by atoms with E-state index >= 15 is 0 Å².